The summed E-state index contributed by atoms with van der Waals surface area (Å²) in [6, 6.07) is 6.96. The van der Waals surface area contributed by atoms with Gasteiger partial charge in [0.25, 0.3) is 0 Å². The molecule has 0 amide bonds. The van der Waals surface area contributed by atoms with E-state index in [-0.39, 0.29) is 22.8 Å². The summed E-state index contributed by atoms with van der Waals surface area (Å²) in [7, 11) is 0. The Bertz CT molecular complexity index is 684. The molecule has 28 heavy (non-hydrogen) atoms. The highest BCUT2D eigenvalue weighted by molar-refractivity contribution is 5.47. The van der Waals surface area contributed by atoms with Crippen LogP contribution in [0.2, 0.25) is 0 Å². The number of anilines is 1. The highest BCUT2D eigenvalue weighted by atomic mass is 19.1. The molecule has 2 aliphatic carbocycles. The minimum Gasteiger partial charge on any atom is -0.389 e. The fraction of sp³-hybridized carbons (Fsp3) is 0.739. The first-order valence-corrected chi connectivity index (χ1v) is 10.8. The Labute approximate surface area is 168 Å². The van der Waals surface area contributed by atoms with Crippen LogP contribution in [0.1, 0.15) is 40.0 Å². The summed E-state index contributed by atoms with van der Waals surface area (Å²) in [5, 5.41) is 10.6. The van der Waals surface area contributed by atoms with Crippen molar-refractivity contribution in [1.82, 2.24) is 4.90 Å². The van der Waals surface area contributed by atoms with Gasteiger partial charge < -0.3 is 14.7 Å². The van der Waals surface area contributed by atoms with E-state index in [0.29, 0.717) is 18.8 Å². The lowest BCUT2D eigenvalue weighted by molar-refractivity contribution is -0.113. The molecule has 156 valence electrons. The molecule has 4 nitrogen and oxygen atoms in total. The van der Waals surface area contributed by atoms with Crippen LogP contribution in [0.25, 0.3) is 0 Å². The number of halogens is 1. The summed E-state index contributed by atoms with van der Waals surface area (Å²) in [6.45, 7) is 11.3. The molecule has 0 aromatic heterocycles. The largest absolute Gasteiger partial charge is 0.389 e. The third-order valence-corrected chi connectivity index (χ3v) is 7.63. The highest BCUT2D eigenvalue weighted by Gasteiger charge is 2.60. The second kappa shape index (κ2) is 7.58. The Morgan fingerprint density at radius 2 is 1.89 bits per heavy atom. The number of β-amino-alcohol motifs (C(OH)–C–C–N with tert-alkyl or cyclic N) is 1. The summed E-state index contributed by atoms with van der Waals surface area (Å²) in [6.07, 6.45) is 3.60. The molecule has 2 saturated carbocycles. The van der Waals surface area contributed by atoms with Gasteiger partial charge in [0, 0.05) is 32.7 Å². The van der Waals surface area contributed by atoms with Gasteiger partial charge in [-0.2, -0.15) is 0 Å². The van der Waals surface area contributed by atoms with Crippen LogP contribution in [0.15, 0.2) is 24.3 Å². The molecule has 3 fully saturated rings. The zero-order valence-corrected chi connectivity index (χ0v) is 17.5. The van der Waals surface area contributed by atoms with Crippen molar-refractivity contribution in [2.24, 2.45) is 16.7 Å². The molecule has 3 aliphatic rings. The Kier molecular flexibility index (Phi) is 5.45. The molecule has 0 radical (unpaired) electrons. The van der Waals surface area contributed by atoms with Gasteiger partial charge in [-0.05, 0) is 48.1 Å². The lowest BCUT2D eigenvalue weighted by Crippen LogP contribution is -2.50. The van der Waals surface area contributed by atoms with Crippen molar-refractivity contribution in [3.63, 3.8) is 0 Å². The lowest BCUT2D eigenvalue weighted by atomic mass is 9.70. The van der Waals surface area contributed by atoms with E-state index in [9.17, 15) is 9.50 Å². The maximum Gasteiger partial charge on any atom is 0.146 e. The van der Waals surface area contributed by atoms with Crippen molar-refractivity contribution >= 4 is 5.69 Å². The van der Waals surface area contributed by atoms with Gasteiger partial charge in [-0.1, -0.05) is 32.9 Å². The van der Waals surface area contributed by atoms with E-state index in [1.165, 1.54) is 25.3 Å². The topological polar surface area (TPSA) is 35.9 Å². The number of ether oxygens (including phenoxy) is 1. The molecule has 1 aromatic carbocycles. The summed E-state index contributed by atoms with van der Waals surface area (Å²) < 4.78 is 20.3. The van der Waals surface area contributed by atoms with Crippen LogP contribution < -0.4 is 4.90 Å². The average molecular weight is 391 g/mol. The van der Waals surface area contributed by atoms with E-state index in [4.69, 9.17) is 4.74 Å². The van der Waals surface area contributed by atoms with Crippen molar-refractivity contribution in [2.45, 2.75) is 52.2 Å². The number of hydrogen-bond donors (Lipinski definition) is 1. The Morgan fingerprint density at radius 1 is 1.18 bits per heavy atom. The van der Waals surface area contributed by atoms with Gasteiger partial charge in [0.05, 0.1) is 24.5 Å². The van der Waals surface area contributed by atoms with Crippen molar-refractivity contribution < 1.29 is 14.2 Å². The lowest BCUT2D eigenvalue weighted by Gasteiger charge is -2.43. The van der Waals surface area contributed by atoms with E-state index in [0.717, 1.165) is 32.1 Å². The van der Waals surface area contributed by atoms with Gasteiger partial charge >= 0.3 is 0 Å². The maximum absolute atomic E-state index is 14.0. The summed E-state index contributed by atoms with van der Waals surface area (Å²) in [4.78, 5) is 4.35. The summed E-state index contributed by atoms with van der Waals surface area (Å²) >= 11 is 0. The SMILES string of the molecule is CC1(C)[C@H]2CC[C@](C)(C2)[C@@H]1OC[C@H](O)CN1CCN(c2ccccc2F)CC1. The van der Waals surface area contributed by atoms with Crippen LogP contribution in [0.5, 0.6) is 0 Å². The first-order chi connectivity index (χ1) is 13.3. The smallest absolute Gasteiger partial charge is 0.146 e. The second-order valence-electron chi connectivity index (χ2n) is 10.0. The zero-order valence-electron chi connectivity index (χ0n) is 17.5. The fourth-order valence-electron chi connectivity index (χ4n) is 6.11. The van der Waals surface area contributed by atoms with Crippen molar-refractivity contribution in [2.75, 3.05) is 44.2 Å². The minimum absolute atomic E-state index is 0.161. The van der Waals surface area contributed by atoms with E-state index < -0.39 is 6.10 Å². The maximum atomic E-state index is 14.0. The van der Waals surface area contributed by atoms with Crippen LogP contribution in [-0.4, -0.2) is 61.5 Å². The number of aliphatic hydroxyl groups excluding tert-OH is 1. The Hall–Kier alpha value is -1.17. The van der Waals surface area contributed by atoms with Gasteiger partial charge in [0.2, 0.25) is 0 Å². The quantitative estimate of drug-likeness (QED) is 0.806. The number of rotatable bonds is 6. The summed E-state index contributed by atoms with van der Waals surface area (Å²) in [5.74, 6) is 0.595. The fourth-order valence-corrected chi connectivity index (χ4v) is 6.11. The number of fused-ring (bicyclic) bond motifs is 2. The number of piperazine rings is 1. The zero-order chi connectivity index (χ0) is 19.9. The predicted octanol–water partition coefficient (Wildman–Crippen LogP) is 3.54. The number of hydrogen-bond acceptors (Lipinski definition) is 4. The molecule has 2 bridgehead atoms. The molecule has 1 N–H and O–H groups in total. The molecule has 4 atom stereocenters. The van der Waals surface area contributed by atoms with Crippen molar-refractivity contribution in [3.8, 4) is 0 Å². The van der Waals surface area contributed by atoms with Crippen LogP contribution in [0.4, 0.5) is 10.1 Å². The number of benzene rings is 1. The standard InChI is InChI=1S/C23H35FN2O2/c1-22(2)17-8-9-23(3,14-17)21(22)28-16-18(27)15-25-10-12-26(13-11-25)20-7-5-4-6-19(20)24/h4-7,17-18,21,27H,8-16H2,1-3H3/t17-,18+,21+,23+/m0/s1. The first kappa shape index (κ1) is 20.1. The molecule has 1 heterocycles. The van der Waals surface area contributed by atoms with Gasteiger partial charge in [-0.25, -0.2) is 4.39 Å². The monoisotopic (exact) mass is 390 g/mol. The van der Waals surface area contributed by atoms with E-state index >= 15 is 0 Å². The van der Waals surface area contributed by atoms with Crippen molar-refractivity contribution in [3.05, 3.63) is 30.1 Å². The summed E-state index contributed by atoms with van der Waals surface area (Å²) in [5.41, 5.74) is 1.16. The predicted molar refractivity (Wildman–Crippen MR) is 110 cm³/mol. The molecule has 5 heteroatoms. The molecule has 1 saturated heterocycles. The molecule has 1 aliphatic heterocycles. The van der Waals surface area contributed by atoms with Crippen LogP contribution in [0.3, 0.4) is 0 Å². The third-order valence-electron chi connectivity index (χ3n) is 7.63. The molecule has 4 rings (SSSR count). The van der Waals surface area contributed by atoms with Gasteiger partial charge in [0.1, 0.15) is 5.82 Å². The molecular formula is C23H35FN2O2. The molecular weight excluding hydrogens is 355 g/mol. The van der Waals surface area contributed by atoms with Crippen LogP contribution in [-0.2, 0) is 4.74 Å². The van der Waals surface area contributed by atoms with Gasteiger partial charge in [0.15, 0.2) is 0 Å². The van der Waals surface area contributed by atoms with Crippen molar-refractivity contribution in [1.29, 1.82) is 0 Å². The molecule has 0 unspecified atom stereocenters. The minimum atomic E-state index is -0.474. The normalized spacial score (nSPS) is 33.4. The second-order valence-corrected chi connectivity index (χ2v) is 10.0. The Morgan fingerprint density at radius 3 is 2.54 bits per heavy atom. The molecule has 0 spiro atoms. The number of aliphatic hydroxyl groups is 1. The van der Waals surface area contributed by atoms with E-state index in [1.54, 1.807) is 6.07 Å². The third kappa shape index (κ3) is 3.69. The average Bonchev–Trinajstić information content (AvgIpc) is 3.14. The number of para-hydroxylation sites is 1. The van der Waals surface area contributed by atoms with Crippen LogP contribution >= 0.6 is 0 Å². The highest BCUT2D eigenvalue weighted by Crippen LogP contribution is 2.63. The van der Waals surface area contributed by atoms with Gasteiger partial charge in [-0.15, -0.1) is 0 Å². The Balaban J connectivity index is 1.24. The van der Waals surface area contributed by atoms with Crippen LogP contribution in [0, 0.1) is 22.6 Å². The first-order valence-electron chi connectivity index (χ1n) is 10.8. The van der Waals surface area contributed by atoms with E-state index in [1.807, 2.05) is 12.1 Å². The van der Waals surface area contributed by atoms with Gasteiger partial charge in [-0.3, -0.25) is 4.90 Å². The van der Waals surface area contributed by atoms with E-state index in [2.05, 4.69) is 30.6 Å². The number of nitrogens with zero attached hydrogens (tertiary/aromatic N) is 2. The molecule has 1 aromatic rings.